The van der Waals surface area contributed by atoms with Gasteiger partial charge < -0.3 is 21.6 Å². The fourth-order valence-electron chi connectivity index (χ4n) is 3.49. The number of nitrogens with one attached hydrogen (secondary N) is 2. The Morgan fingerprint density at radius 3 is 2.56 bits per heavy atom. The van der Waals surface area contributed by atoms with Crippen LogP contribution in [0.5, 0.6) is 0 Å². The van der Waals surface area contributed by atoms with Crippen molar-refractivity contribution < 1.29 is 21.9 Å². The Hall–Kier alpha value is -3.28. The number of amidine groups is 1. The molecule has 1 aliphatic heterocycles. The maximum absolute atomic E-state index is 13.1. The van der Waals surface area contributed by atoms with E-state index in [1.54, 1.807) is 18.2 Å². The van der Waals surface area contributed by atoms with Crippen LogP contribution in [-0.2, 0) is 20.0 Å². The molecule has 0 bridgehead atoms. The highest BCUT2D eigenvalue weighted by Crippen LogP contribution is 2.37. The molecule has 0 saturated heterocycles. The van der Waals surface area contributed by atoms with E-state index in [1.165, 1.54) is 6.07 Å². The lowest BCUT2D eigenvalue weighted by Gasteiger charge is -2.18. The highest BCUT2D eigenvalue weighted by Gasteiger charge is 2.33. The molecule has 2 aromatic carbocycles. The molecule has 0 unspecified atom stereocenters. The molecular formula is C18H21N9O5S2. The van der Waals surface area contributed by atoms with E-state index in [-0.39, 0.29) is 36.1 Å². The topological polar surface area (TPSA) is 244 Å². The van der Waals surface area contributed by atoms with Crippen molar-refractivity contribution in [1.82, 2.24) is 14.7 Å². The second-order valence-electron chi connectivity index (χ2n) is 7.34. The molecule has 2 heterocycles. The van der Waals surface area contributed by atoms with Gasteiger partial charge in [0.2, 0.25) is 20.0 Å². The van der Waals surface area contributed by atoms with Gasteiger partial charge in [0.05, 0.1) is 23.2 Å². The summed E-state index contributed by atoms with van der Waals surface area (Å²) in [6.45, 7) is -0.895. The number of imidazole rings is 1. The normalized spacial score (nSPS) is 15.1. The van der Waals surface area contributed by atoms with Crippen molar-refractivity contribution in [2.75, 3.05) is 25.6 Å². The van der Waals surface area contributed by atoms with Gasteiger partial charge in [-0.15, -0.1) is 5.11 Å². The second-order valence-corrected chi connectivity index (χ2v) is 10.6. The molecule has 0 spiro atoms. The molecule has 16 heteroatoms. The third kappa shape index (κ3) is 4.41. The zero-order chi connectivity index (χ0) is 24.7. The summed E-state index contributed by atoms with van der Waals surface area (Å²) in [5.74, 6) is 0.0285. The molecule has 0 radical (unpaired) electrons. The van der Waals surface area contributed by atoms with Gasteiger partial charge in [0.1, 0.15) is 9.79 Å². The molecule has 3 aromatic rings. The third-order valence-electron chi connectivity index (χ3n) is 4.96. The van der Waals surface area contributed by atoms with E-state index in [0.29, 0.717) is 16.6 Å². The molecule has 1 atom stereocenters. The number of hydrogen-bond donors (Lipinski definition) is 6. The first-order valence-electron chi connectivity index (χ1n) is 9.75. The Balaban J connectivity index is 2.05. The lowest BCUT2D eigenvalue weighted by Crippen LogP contribution is -2.40. The van der Waals surface area contributed by atoms with Crippen molar-refractivity contribution in [3.05, 3.63) is 35.9 Å². The van der Waals surface area contributed by atoms with Crippen LogP contribution >= 0.6 is 0 Å². The van der Waals surface area contributed by atoms with E-state index in [9.17, 15) is 16.8 Å². The smallest absolute Gasteiger partial charge is 0.242 e. The fourth-order valence-corrected chi connectivity index (χ4v) is 6.18. The first-order chi connectivity index (χ1) is 16.0. The summed E-state index contributed by atoms with van der Waals surface area (Å²) in [5.41, 5.74) is 12.9. The summed E-state index contributed by atoms with van der Waals surface area (Å²) in [6, 6.07) is 6.68. The van der Waals surface area contributed by atoms with Crippen LogP contribution in [-0.4, -0.2) is 63.6 Å². The molecule has 14 nitrogen and oxygen atoms in total. The highest BCUT2D eigenvalue weighted by molar-refractivity contribution is 7.92. The quantitative estimate of drug-likeness (QED) is 0.225. The van der Waals surface area contributed by atoms with Crippen LogP contribution in [0.3, 0.4) is 0 Å². The van der Waals surface area contributed by atoms with Gasteiger partial charge in [0.15, 0.2) is 18.5 Å². The molecule has 4 rings (SSSR count). The molecule has 34 heavy (non-hydrogen) atoms. The number of rotatable bonds is 8. The summed E-state index contributed by atoms with van der Waals surface area (Å²) in [4.78, 5) is 9.91. The number of azo groups is 1. The predicted molar refractivity (Wildman–Crippen MR) is 124 cm³/mol. The number of aliphatic hydroxyl groups is 1. The maximum Gasteiger partial charge on any atom is 0.242 e. The third-order valence-corrected chi connectivity index (χ3v) is 7.55. The number of H-pyrrole nitrogens is 1. The summed E-state index contributed by atoms with van der Waals surface area (Å²) in [6.07, 6.45) is 0. The zero-order valence-corrected chi connectivity index (χ0v) is 19.1. The predicted octanol–water partition coefficient (Wildman–Crippen LogP) is -0.773. The minimum atomic E-state index is -4.64. The lowest BCUT2D eigenvalue weighted by atomic mass is 9.97. The van der Waals surface area contributed by atoms with E-state index < -0.39 is 42.5 Å². The number of sulfonamides is 2. The first kappa shape index (κ1) is 23.9. The Kier molecular flexibility index (Phi) is 6.19. The molecule has 0 saturated carbocycles. The van der Waals surface area contributed by atoms with Crippen molar-refractivity contribution in [3.63, 3.8) is 0 Å². The van der Waals surface area contributed by atoms with Gasteiger partial charge in [-0.2, -0.15) is 5.11 Å². The van der Waals surface area contributed by atoms with Gasteiger partial charge in [0, 0.05) is 18.2 Å². The van der Waals surface area contributed by atoms with Gasteiger partial charge in [0.25, 0.3) is 0 Å². The summed E-state index contributed by atoms with van der Waals surface area (Å²) < 4.78 is 53.8. The summed E-state index contributed by atoms with van der Waals surface area (Å²) >= 11 is 0. The van der Waals surface area contributed by atoms with Crippen molar-refractivity contribution in [2.24, 2.45) is 26.1 Å². The summed E-state index contributed by atoms with van der Waals surface area (Å²) in [5, 5.41) is 22.3. The SMILES string of the molecule is Nc1nc2c(-c3ccc(S(=O)(=O)NC[C@H](N)CO)c(S(N)(=O)=O)c3C3=NCN=N3)cccc2[nH]1. The fraction of sp³-hybridized carbons (Fsp3) is 0.222. The van der Waals surface area contributed by atoms with Gasteiger partial charge in [-0.25, -0.2) is 36.7 Å². The van der Waals surface area contributed by atoms with Crippen LogP contribution in [0.1, 0.15) is 5.56 Å². The Labute approximate surface area is 194 Å². The number of aromatic amines is 1. The minimum absolute atomic E-state index is 0.0705. The summed E-state index contributed by atoms with van der Waals surface area (Å²) in [7, 11) is -9.08. The largest absolute Gasteiger partial charge is 0.395 e. The molecule has 9 N–H and O–H groups in total. The first-order valence-corrected chi connectivity index (χ1v) is 12.8. The number of benzene rings is 2. The number of nitrogens with zero attached hydrogens (tertiary/aromatic N) is 4. The van der Waals surface area contributed by atoms with E-state index in [2.05, 4.69) is 29.9 Å². The number of aliphatic hydroxyl groups excluding tert-OH is 1. The Morgan fingerprint density at radius 1 is 1.15 bits per heavy atom. The number of fused-ring (bicyclic) bond motifs is 1. The molecule has 180 valence electrons. The number of nitrogen functional groups attached to an aromatic ring is 1. The van der Waals surface area contributed by atoms with Crippen LogP contribution in [0, 0.1) is 0 Å². The van der Waals surface area contributed by atoms with Crippen LogP contribution in [0.4, 0.5) is 5.95 Å². The maximum atomic E-state index is 13.1. The number of anilines is 1. The van der Waals surface area contributed by atoms with Gasteiger partial charge >= 0.3 is 0 Å². The standard InChI is InChI=1S/C18H21N9O5S2/c19-9(7-28)6-24-34(31,32)13-5-4-10(11-2-1-3-12-15(11)26-18(20)25-12)14(16(13)33(21,29)30)17-22-8-23-27-17/h1-5,9,24,28H,6-8,19H2,(H3,20,25,26)(H2,21,29,30)/t9-/m0/s1. The molecule has 1 aromatic heterocycles. The molecule has 1 aliphatic rings. The Bertz CT molecular complexity index is 1550. The Morgan fingerprint density at radius 2 is 1.91 bits per heavy atom. The van der Waals surface area contributed by atoms with Crippen LogP contribution in [0.2, 0.25) is 0 Å². The monoisotopic (exact) mass is 507 g/mol. The van der Waals surface area contributed by atoms with Crippen molar-refractivity contribution in [1.29, 1.82) is 0 Å². The molecule has 0 amide bonds. The van der Waals surface area contributed by atoms with Gasteiger partial charge in [-0.05, 0) is 17.7 Å². The lowest BCUT2D eigenvalue weighted by molar-refractivity contribution is 0.266. The number of primary sulfonamides is 1. The number of aliphatic imine (C=N–C) groups is 1. The number of aromatic nitrogens is 2. The van der Waals surface area contributed by atoms with Crippen molar-refractivity contribution in [2.45, 2.75) is 15.8 Å². The average molecular weight is 508 g/mol. The van der Waals surface area contributed by atoms with Gasteiger partial charge in [-0.3, -0.25) is 0 Å². The molecule has 0 fully saturated rings. The van der Waals surface area contributed by atoms with Crippen molar-refractivity contribution >= 4 is 42.9 Å². The average Bonchev–Trinajstić information content (AvgIpc) is 3.44. The molecular weight excluding hydrogens is 486 g/mol. The van der Waals surface area contributed by atoms with Crippen LogP contribution in [0.15, 0.2) is 55.3 Å². The number of hydrogen-bond acceptors (Lipinski definition) is 11. The van der Waals surface area contributed by atoms with E-state index in [4.69, 9.17) is 21.7 Å². The zero-order valence-electron chi connectivity index (χ0n) is 17.5. The molecule has 0 aliphatic carbocycles. The van der Waals surface area contributed by atoms with Gasteiger partial charge in [-0.1, -0.05) is 18.2 Å². The van der Waals surface area contributed by atoms with E-state index in [0.717, 1.165) is 6.07 Å². The van der Waals surface area contributed by atoms with Crippen LogP contribution in [0.25, 0.3) is 22.2 Å². The number of nitrogens with two attached hydrogens (primary N) is 3. The minimum Gasteiger partial charge on any atom is -0.395 e. The van der Waals surface area contributed by atoms with E-state index >= 15 is 0 Å². The second kappa shape index (κ2) is 8.82. The highest BCUT2D eigenvalue weighted by atomic mass is 32.2. The number of para-hydroxylation sites is 1. The van der Waals surface area contributed by atoms with Crippen molar-refractivity contribution in [3.8, 4) is 11.1 Å². The van der Waals surface area contributed by atoms with Crippen LogP contribution < -0.4 is 21.3 Å². The van der Waals surface area contributed by atoms with E-state index in [1.807, 2.05) is 0 Å².